The van der Waals surface area contributed by atoms with Crippen LogP contribution in [-0.4, -0.2) is 108 Å². The molecule has 2 aromatic carbocycles. The van der Waals surface area contributed by atoms with Gasteiger partial charge in [0.2, 0.25) is 0 Å². The van der Waals surface area contributed by atoms with Crippen LogP contribution in [0.3, 0.4) is 0 Å². The van der Waals surface area contributed by atoms with Crippen LogP contribution < -0.4 is 20.4 Å². The van der Waals surface area contributed by atoms with Gasteiger partial charge in [-0.1, -0.05) is 72.8 Å². The van der Waals surface area contributed by atoms with Gasteiger partial charge in [-0.05, 0) is 97.3 Å². The number of anilines is 2. The molecule has 0 saturated carbocycles. The number of rotatable bonds is 15. The van der Waals surface area contributed by atoms with Crippen molar-refractivity contribution in [2.75, 3.05) is 68.7 Å². The number of carbonyl (C=O) groups is 4. The van der Waals surface area contributed by atoms with Crippen LogP contribution in [0.1, 0.15) is 77.4 Å². The van der Waals surface area contributed by atoms with Gasteiger partial charge in [0.25, 0.3) is 23.6 Å². The molecule has 8 rings (SSSR count). The topological polar surface area (TPSA) is 131 Å². The summed E-state index contributed by atoms with van der Waals surface area (Å²) < 4.78 is 0. The van der Waals surface area contributed by atoms with Gasteiger partial charge >= 0.3 is 0 Å². The van der Waals surface area contributed by atoms with E-state index in [0.717, 1.165) is 79.7 Å². The highest BCUT2D eigenvalue weighted by Crippen LogP contribution is 2.20. The highest BCUT2D eigenvalue weighted by molar-refractivity contribution is 7.12. The van der Waals surface area contributed by atoms with E-state index < -0.39 is 0 Å². The molecular formula is C50H56N8O4S2. The first-order chi connectivity index (χ1) is 31.3. The summed E-state index contributed by atoms with van der Waals surface area (Å²) in [7, 11) is 0. The molecule has 2 aliphatic heterocycles. The predicted octanol–water partition coefficient (Wildman–Crippen LogP) is 7.71. The smallest absolute Gasteiger partial charge is 0.264 e. The number of unbranched alkanes of at least 4 members (excludes halogenated alkanes) is 1. The lowest BCUT2D eigenvalue weighted by molar-refractivity contribution is 0.0744. The first-order valence-corrected chi connectivity index (χ1v) is 23.8. The second-order valence-electron chi connectivity index (χ2n) is 15.9. The highest BCUT2D eigenvalue weighted by Gasteiger charge is 2.25. The minimum atomic E-state index is -0.101. The maximum atomic E-state index is 12.6. The third kappa shape index (κ3) is 13.1. The zero-order valence-corrected chi connectivity index (χ0v) is 37.9. The Balaban J connectivity index is 0.000000191. The summed E-state index contributed by atoms with van der Waals surface area (Å²) >= 11 is 2.96. The molecule has 0 spiro atoms. The molecule has 332 valence electrons. The van der Waals surface area contributed by atoms with Crippen molar-refractivity contribution >= 4 is 57.9 Å². The van der Waals surface area contributed by atoms with Crippen LogP contribution in [-0.2, 0) is 12.8 Å². The summed E-state index contributed by atoms with van der Waals surface area (Å²) in [6.45, 7) is 8.28. The molecule has 2 saturated heterocycles. The Bertz CT molecular complexity index is 2350. The van der Waals surface area contributed by atoms with Crippen molar-refractivity contribution in [1.29, 1.82) is 0 Å². The second kappa shape index (κ2) is 23.3. The molecule has 0 bridgehead atoms. The molecule has 4 aromatic heterocycles. The van der Waals surface area contributed by atoms with Gasteiger partial charge in [-0.15, -0.1) is 22.7 Å². The maximum Gasteiger partial charge on any atom is 0.264 e. The van der Waals surface area contributed by atoms with E-state index in [4.69, 9.17) is 0 Å². The standard InChI is InChI=1S/2C25H28N4O2S/c1-19(9-10-20-6-3-2-4-7-20)27-24(30)21-11-12-23(26-18-21)28-13-15-29(16-14-28)25(31)22-8-5-17-32-22;30-24(26-13-5-4-9-20-7-2-1-3-8-20)21-11-12-23(27-19-21)28-14-16-29(17-15-28)25(31)22-10-6-18-32-22/h2-8,11-12,17-19H,9-10,13-16H2,1H3,(H,27,30);1-3,6-8,10-12,18-19H,4-5,9,13-17H2,(H,26,30). The Morgan fingerprint density at radius 2 is 1.05 bits per heavy atom. The molecule has 1 atom stereocenters. The molecule has 12 nitrogen and oxygen atoms in total. The first-order valence-electron chi connectivity index (χ1n) is 22.0. The monoisotopic (exact) mass is 896 g/mol. The molecule has 1 unspecified atom stereocenters. The van der Waals surface area contributed by atoms with Crippen molar-refractivity contribution < 1.29 is 19.2 Å². The summed E-state index contributed by atoms with van der Waals surface area (Å²) in [4.78, 5) is 68.6. The molecule has 64 heavy (non-hydrogen) atoms. The lowest BCUT2D eigenvalue weighted by atomic mass is 10.1. The fourth-order valence-electron chi connectivity index (χ4n) is 7.61. The number of aryl methyl sites for hydroxylation is 2. The fourth-order valence-corrected chi connectivity index (χ4v) is 9.00. The second-order valence-corrected chi connectivity index (χ2v) is 17.8. The average Bonchev–Trinajstić information content (AvgIpc) is 4.11. The Morgan fingerprint density at radius 3 is 1.50 bits per heavy atom. The number of benzene rings is 2. The van der Waals surface area contributed by atoms with Crippen molar-refractivity contribution in [2.45, 2.75) is 45.1 Å². The quantitative estimate of drug-likeness (QED) is 0.100. The van der Waals surface area contributed by atoms with E-state index in [-0.39, 0.29) is 29.7 Å². The summed E-state index contributed by atoms with van der Waals surface area (Å²) in [5.41, 5.74) is 3.74. The van der Waals surface area contributed by atoms with Gasteiger partial charge in [0.05, 0.1) is 20.9 Å². The van der Waals surface area contributed by atoms with E-state index in [1.54, 1.807) is 12.4 Å². The van der Waals surface area contributed by atoms with Gasteiger partial charge in [-0.2, -0.15) is 0 Å². The Kier molecular flexibility index (Phi) is 16.6. The van der Waals surface area contributed by atoms with Crippen LogP contribution in [0.4, 0.5) is 11.6 Å². The summed E-state index contributed by atoms with van der Waals surface area (Å²) in [5.74, 6) is 1.69. The molecular weight excluding hydrogens is 841 g/mol. The van der Waals surface area contributed by atoms with Crippen molar-refractivity contribution in [3.8, 4) is 0 Å². The number of hydrogen-bond donors (Lipinski definition) is 2. The summed E-state index contributed by atoms with van der Waals surface area (Å²) in [6.07, 6.45) is 8.11. The SMILES string of the molecule is CC(CCc1ccccc1)NC(=O)c1ccc(N2CCN(C(=O)c3cccs3)CC2)nc1.O=C(NCCCCc1ccccc1)c1ccc(N2CCN(C(=O)c3cccs3)CC2)nc1. The number of nitrogens with one attached hydrogen (secondary N) is 2. The number of aromatic nitrogens is 2. The fraction of sp³-hybridized carbons (Fsp3) is 0.320. The third-order valence-corrected chi connectivity index (χ3v) is 13.1. The summed E-state index contributed by atoms with van der Waals surface area (Å²) in [5, 5.41) is 9.89. The Hall–Kier alpha value is -6.38. The summed E-state index contributed by atoms with van der Waals surface area (Å²) in [6, 6.07) is 35.7. The normalized spacial score (nSPS) is 14.3. The van der Waals surface area contributed by atoms with Gasteiger partial charge < -0.3 is 30.2 Å². The van der Waals surface area contributed by atoms with Crippen LogP contribution in [0, 0.1) is 0 Å². The van der Waals surface area contributed by atoms with E-state index in [1.165, 1.54) is 33.8 Å². The number of piperazine rings is 2. The number of pyridine rings is 2. The van der Waals surface area contributed by atoms with Crippen molar-refractivity contribution in [1.82, 2.24) is 30.4 Å². The van der Waals surface area contributed by atoms with Crippen LogP contribution in [0.5, 0.6) is 0 Å². The van der Waals surface area contributed by atoms with Crippen LogP contribution in [0.15, 0.2) is 132 Å². The largest absolute Gasteiger partial charge is 0.353 e. The molecule has 2 aliphatic rings. The van der Waals surface area contributed by atoms with Crippen LogP contribution >= 0.6 is 22.7 Å². The van der Waals surface area contributed by atoms with Gasteiger partial charge in [0, 0.05) is 77.3 Å². The van der Waals surface area contributed by atoms with Crippen molar-refractivity contribution in [3.63, 3.8) is 0 Å². The molecule has 0 aliphatic carbocycles. The predicted molar refractivity (Wildman–Crippen MR) is 257 cm³/mol. The van der Waals surface area contributed by atoms with E-state index in [1.807, 2.05) is 100 Å². The van der Waals surface area contributed by atoms with Crippen molar-refractivity contribution in [3.05, 3.63) is 164 Å². The number of amides is 4. The zero-order valence-electron chi connectivity index (χ0n) is 36.3. The van der Waals surface area contributed by atoms with E-state index in [9.17, 15) is 19.2 Å². The number of thiophene rings is 2. The molecule has 4 amide bonds. The van der Waals surface area contributed by atoms with E-state index >= 15 is 0 Å². The number of carbonyl (C=O) groups excluding carboxylic acids is 4. The Labute approximate surface area is 384 Å². The number of hydrogen-bond acceptors (Lipinski definition) is 10. The third-order valence-electron chi connectivity index (χ3n) is 11.4. The number of nitrogens with zero attached hydrogens (tertiary/aromatic N) is 6. The van der Waals surface area contributed by atoms with Gasteiger partial charge in [-0.3, -0.25) is 19.2 Å². The molecule has 6 heterocycles. The van der Waals surface area contributed by atoms with Gasteiger partial charge in [0.15, 0.2) is 0 Å². The molecule has 6 aromatic rings. The maximum absolute atomic E-state index is 12.6. The molecule has 2 fully saturated rings. The van der Waals surface area contributed by atoms with Gasteiger partial charge in [-0.25, -0.2) is 9.97 Å². The lowest BCUT2D eigenvalue weighted by Gasteiger charge is -2.35. The lowest BCUT2D eigenvalue weighted by Crippen LogP contribution is -2.48. The van der Waals surface area contributed by atoms with Crippen LogP contribution in [0.2, 0.25) is 0 Å². The average molecular weight is 897 g/mol. The Morgan fingerprint density at radius 1 is 0.562 bits per heavy atom. The minimum absolute atomic E-state index is 0.0799. The zero-order chi connectivity index (χ0) is 44.5. The van der Waals surface area contributed by atoms with Gasteiger partial charge in [0.1, 0.15) is 11.6 Å². The minimum Gasteiger partial charge on any atom is -0.353 e. The molecule has 0 radical (unpaired) electrons. The first kappa shape index (κ1) is 45.6. The molecule has 14 heteroatoms. The van der Waals surface area contributed by atoms with Crippen molar-refractivity contribution in [2.24, 2.45) is 0 Å². The van der Waals surface area contributed by atoms with E-state index in [0.29, 0.717) is 43.9 Å². The highest BCUT2D eigenvalue weighted by atomic mass is 32.1. The molecule has 2 N–H and O–H groups in total. The van der Waals surface area contributed by atoms with E-state index in [2.05, 4.69) is 66.8 Å². The van der Waals surface area contributed by atoms with Crippen LogP contribution in [0.25, 0.3) is 0 Å².